The fourth-order valence-electron chi connectivity index (χ4n) is 4.79. The number of rotatable bonds is 8. The van der Waals surface area contributed by atoms with Crippen molar-refractivity contribution >= 4 is 11.8 Å². The molecule has 0 radical (unpaired) electrons. The van der Waals surface area contributed by atoms with E-state index >= 15 is 0 Å². The zero-order chi connectivity index (χ0) is 21.7. The van der Waals surface area contributed by atoms with Crippen LogP contribution < -0.4 is 10.1 Å². The van der Waals surface area contributed by atoms with Crippen LogP contribution in [0.4, 0.5) is 0 Å². The van der Waals surface area contributed by atoms with E-state index in [1.807, 2.05) is 48.2 Å². The molecule has 0 spiro atoms. The molecule has 3 heterocycles. The number of likely N-dealkylation sites (tertiary alicyclic amines) is 1. The number of nitrogens with zero attached hydrogens (tertiary/aromatic N) is 1. The summed E-state index contributed by atoms with van der Waals surface area (Å²) in [7, 11) is 0. The molecule has 2 saturated heterocycles. The average molecular weight is 425 g/mol. The fraction of sp³-hybridized carbons (Fsp3) is 0.520. The molecule has 1 aromatic heterocycles. The Bertz CT molecular complexity index is 895. The minimum absolute atomic E-state index is 0.0606. The predicted octanol–water partition coefficient (Wildman–Crippen LogP) is 3.88. The van der Waals surface area contributed by atoms with Crippen molar-refractivity contribution in [2.24, 2.45) is 5.92 Å². The highest BCUT2D eigenvalue weighted by molar-refractivity contribution is 5.80. The minimum Gasteiger partial charge on any atom is -0.493 e. The third kappa shape index (κ3) is 5.49. The summed E-state index contributed by atoms with van der Waals surface area (Å²) >= 11 is 0. The lowest BCUT2D eigenvalue weighted by molar-refractivity contribution is -0.134. The van der Waals surface area contributed by atoms with E-state index in [4.69, 9.17) is 9.15 Å². The van der Waals surface area contributed by atoms with Crippen molar-refractivity contribution in [3.8, 4) is 5.75 Å². The first-order valence-electron chi connectivity index (χ1n) is 11.3. The van der Waals surface area contributed by atoms with Crippen LogP contribution in [0.2, 0.25) is 0 Å². The fourth-order valence-corrected chi connectivity index (χ4v) is 4.79. The average Bonchev–Trinajstić information content (AvgIpc) is 3.42. The summed E-state index contributed by atoms with van der Waals surface area (Å²) in [6, 6.07) is 11.8. The van der Waals surface area contributed by atoms with E-state index in [1.165, 1.54) is 0 Å². The van der Waals surface area contributed by atoms with Gasteiger partial charge in [-0.05, 0) is 56.4 Å². The van der Waals surface area contributed by atoms with Crippen LogP contribution in [0.25, 0.3) is 0 Å². The van der Waals surface area contributed by atoms with Gasteiger partial charge in [-0.1, -0.05) is 18.2 Å². The second kappa shape index (κ2) is 9.58. The highest BCUT2D eigenvalue weighted by Crippen LogP contribution is 2.30. The van der Waals surface area contributed by atoms with Crippen molar-refractivity contribution in [1.82, 2.24) is 10.2 Å². The SMILES string of the molecule is Cc1ccccc1OCC1CCCN(C(=O)CCC2(Cc3ccco3)CCC(=O)N2)C1. The molecule has 2 unspecified atom stereocenters. The Morgan fingerprint density at radius 2 is 2.16 bits per heavy atom. The monoisotopic (exact) mass is 424 g/mol. The molecule has 1 N–H and O–H groups in total. The van der Waals surface area contributed by atoms with Crippen molar-refractivity contribution in [2.45, 2.75) is 57.4 Å². The summed E-state index contributed by atoms with van der Waals surface area (Å²) < 4.78 is 11.5. The Labute approximate surface area is 183 Å². The second-order valence-corrected chi connectivity index (χ2v) is 9.01. The van der Waals surface area contributed by atoms with Crippen LogP contribution in [-0.4, -0.2) is 41.9 Å². The number of benzene rings is 1. The van der Waals surface area contributed by atoms with Gasteiger partial charge in [-0.3, -0.25) is 9.59 Å². The Morgan fingerprint density at radius 3 is 2.90 bits per heavy atom. The first-order valence-corrected chi connectivity index (χ1v) is 11.3. The number of hydrogen-bond acceptors (Lipinski definition) is 4. The molecule has 0 saturated carbocycles. The van der Waals surface area contributed by atoms with Gasteiger partial charge in [0.15, 0.2) is 0 Å². The van der Waals surface area contributed by atoms with E-state index in [0.29, 0.717) is 38.2 Å². The number of ether oxygens (including phenoxy) is 1. The maximum Gasteiger partial charge on any atom is 0.222 e. The van der Waals surface area contributed by atoms with Crippen LogP contribution in [0.3, 0.4) is 0 Å². The second-order valence-electron chi connectivity index (χ2n) is 9.01. The molecule has 4 rings (SSSR count). The van der Waals surface area contributed by atoms with Crippen molar-refractivity contribution in [3.63, 3.8) is 0 Å². The molecule has 1 aromatic carbocycles. The zero-order valence-electron chi connectivity index (χ0n) is 18.3. The molecule has 2 aliphatic rings. The van der Waals surface area contributed by atoms with Crippen LogP contribution in [0, 0.1) is 12.8 Å². The van der Waals surface area contributed by atoms with Crippen LogP contribution in [0.1, 0.15) is 49.8 Å². The van der Waals surface area contributed by atoms with Gasteiger partial charge in [-0.25, -0.2) is 0 Å². The van der Waals surface area contributed by atoms with Crippen LogP contribution in [0.5, 0.6) is 5.75 Å². The van der Waals surface area contributed by atoms with Gasteiger partial charge in [-0.15, -0.1) is 0 Å². The quantitative estimate of drug-likeness (QED) is 0.698. The number of nitrogens with one attached hydrogen (secondary N) is 1. The normalized spacial score (nSPS) is 23.6. The lowest BCUT2D eigenvalue weighted by atomic mass is 9.86. The summed E-state index contributed by atoms with van der Waals surface area (Å²) in [5.74, 6) is 2.34. The van der Waals surface area contributed by atoms with Crippen LogP contribution >= 0.6 is 0 Å². The Balaban J connectivity index is 1.30. The number of para-hydroxylation sites is 1. The smallest absolute Gasteiger partial charge is 0.222 e. The first kappa shape index (κ1) is 21.5. The molecule has 166 valence electrons. The van der Waals surface area contributed by atoms with E-state index in [2.05, 4.69) is 5.32 Å². The largest absolute Gasteiger partial charge is 0.493 e. The highest BCUT2D eigenvalue weighted by atomic mass is 16.5. The Kier molecular flexibility index (Phi) is 6.64. The van der Waals surface area contributed by atoms with Crippen molar-refractivity contribution < 1.29 is 18.7 Å². The third-order valence-corrected chi connectivity index (χ3v) is 6.59. The molecule has 0 aliphatic carbocycles. The molecule has 31 heavy (non-hydrogen) atoms. The maximum absolute atomic E-state index is 13.0. The number of amides is 2. The van der Waals surface area contributed by atoms with E-state index in [0.717, 1.165) is 49.4 Å². The number of hydrogen-bond donors (Lipinski definition) is 1. The van der Waals surface area contributed by atoms with E-state index in [-0.39, 0.29) is 17.4 Å². The van der Waals surface area contributed by atoms with Gasteiger partial charge in [-0.2, -0.15) is 0 Å². The predicted molar refractivity (Wildman–Crippen MR) is 118 cm³/mol. The molecule has 2 fully saturated rings. The topological polar surface area (TPSA) is 71.8 Å². The lowest BCUT2D eigenvalue weighted by Gasteiger charge is -2.34. The number of piperidine rings is 1. The lowest BCUT2D eigenvalue weighted by Crippen LogP contribution is -2.46. The van der Waals surface area contributed by atoms with Crippen molar-refractivity contribution in [1.29, 1.82) is 0 Å². The molecule has 6 nitrogen and oxygen atoms in total. The van der Waals surface area contributed by atoms with Gasteiger partial charge >= 0.3 is 0 Å². The van der Waals surface area contributed by atoms with Crippen molar-refractivity contribution in [2.75, 3.05) is 19.7 Å². The summed E-state index contributed by atoms with van der Waals surface area (Å²) in [4.78, 5) is 26.9. The third-order valence-electron chi connectivity index (χ3n) is 6.59. The van der Waals surface area contributed by atoms with Gasteiger partial charge in [0, 0.05) is 43.8 Å². The van der Waals surface area contributed by atoms with Crippen molar-refractivity contribution in [3.05, 3.63) is 54.0 Å². The number of furan rings is 1. The molecule has 2 aliphatic heterocycles. The maximum atomic E-state index is 13.0. The number of carbonyl (C=O) groups excluding carboxylic acids is 2. The summed E-state index contributed by atoms with van der Waals surface area (Å²) in [5.41, 5.74) is 0.750. The van der Waals surface area contributed by atoms with Gasteiger partial charge in [0.2, 0.25) is 11.8 Å². The number of carbonyl (C=O) groups is 2. The van der Waals surface area contributed by atoms with Gasteiger partial charge in [0.1, 0.15) is 11.5 Å². The van der Waals surface area contributed by atoms with Gasteiger partial charge in [0.05, 0.1) is 12.9 Å². The zero-order valence-corrected chi connectivity index (χ0v) is 18.3. The molecule has 2 atom stereocenters. The summed E-state index contributed by atoms with van der Waals surface area (Å²) in [6.45, 7) is 4.22. The molecular formula is C25H32N2O4. The molecule has 2 amide bonds. The Morgan fingerprint density at radius 1 is 1.29 bits per heavy atom. The van der Waals surface area contributed by atoms with Crippen LogP contribution in [0.15, 0.2) is 47.1 Å². The van der Waals surface area contributed by atoms with Gasteiger partial charge in [0.25, 0.3) is 0 Å². The van der Waals surface area contributed by atoms with E-state index in [1.54, 1.807) is 6.26 Å². The minimum atomic E-state index is -0.381. The molecule has 6 heteroatoms. The van der Waals surface area contributed by atoms with Crippen LogP contribution in [-0.2, 0) is 16.0 Å². The van der Waals surface area contributed by atoms with E-state index < -0.39 is 0 Å². The molecule has 0 bridgehead atoms. The first-order chi connectivity index (χ1) is 15.0. The standard InChI is InChI=1S/C25H32N2O4/c1-19-6-2-3-9-22(19)31-18-20-7-4-14-27(17-20)24(29)11-13-25(12-10-23(28)26-25)16-21-8-5-15-30-21/h2-3,5-6,8-9,15,20H,4,7,10-14,16-18H2,1H3,(H,26,28). The highest BCUT2D eigenvalue weighted by Gasteiger charge is 2.39. The number of aryl methyl sites for hydroxylation is 1. The van der Waals surface area contributed by atoms with Gasteiger partial charge < -0.3 is 19.4 Å². The van der Waals surface area contributed by atoms with E-state index in [9.17, 15) is 9.59 Å². The molecular weight excluding hydrogens is 392 g/mol. The Hall–Kier alpha value is -2.76. The summed E-state index contributed by atoms with van der Waals surface area (Å²) in [6.07, 6.45) is 6.69. The summed E-state index contributed by atoms with van der Waals surface area (Å²) in [5, 5.41) is 3.13. The molecule has 2 aromatic rings.